The standard InChI is InChI=1S/C18H23N3O4/c1-18(2,3)25-17(24)20-11-10-19-16(23)21-14-8-4-7-13-12(14)6-5-9-15(13)22/h4-9,22H,10-11H2,1-3H3,(H,20,24)(H2,19,21,23). The van der Waals surface area contributed by atoms with Crippen LogP contribution in [0, 0.1) is 0 Å². The second-order valence-corrected chi connectivity index (χ2v) is 6.49. The minimum absolute atomic E-state index is 0.156. The summed E-state index contributed by atoms with van der Waals surface area (Å²) < 4.78 is 5.10. The fraction of sp³-hybridized carbons (Fsp3) is 0.333. The van der Waals surface area contributed by atoms with E-state index >= 15 is 0 Å². The van der Waals surface area contributed by atoms with Gasteiger partial charge in [0.2, 0.25) is 0 Å². The van der Waals surface area contributed by atoms with Gasteiger partial charge in [-0.05, 0) is 32.9 Å². The molecule has 2 rings (SSSR count). The maximum Gasteiger partial charge on any atom is 0.407 e. The molecule has 25 heavy (non-hydrogen) atoms. The van der Waals surface area contributed by atoms with Crippen molar-refractivity contribution in [3.63, 3.8) is 0 Å². The highest BCUT2D eigenvalue weighted by Gasteiger charge is 2.15. The number of ether oxygens (including phenoxy) is 1. The molecule has 0 saturated carbocycles. The molecule has 2 aromatic rings. The number of anilines is 1. The molecule has 0 fully saturated rings. The van der Waals surface area contributed by atoms with Gasteiger partial charge in [-0.2, -0.15) is 0 Å². The number of hydrogen-bond donors (Lipinski definition) is 4. The van der Waals surface area contributed by atoms with E-state index in [1.807, 2.05) is 6.07 Å². The molecule has 7 nitrogen and oxygen atoms in total. The van der Waals surface area contributed by atoms with Crippen LogP contribution in [0.2, 0.25) is 0 Å². The van der Waals surface area contributed by atoms with Crippen LogP contribution in [-0.4, -0.2) is 35.9 Å². The van der Waals surface area contributed by atoms with Crippen LogP contribution in [0.15, 0.2) is 36.4 Å². The molecule has 0 saturated heterocycles. The summed E-state index contributed by atoms with van der Waals surface area (Å²) in [6.07, 6.45) is -0.528. The predicted octanol–water partition coefficient (Wildman–Crippen LogP) is 3.19. The van der Waals surface area contributed by atoms with Gasteiger partial charge in [0, 0.05) is 23.9 Å². The first-order valence-electron chi connectivity index (χ1n) is 7.99. The molecule has 2 aromatic carbocycles. The van der Waals surface area contributed by atoms with E-state index in [9.17, 15) is 14.7 Å². The van der Waals surface area contributed by atoms with E-state index in [1.54, 1.807) is 51.1 Å². The minimum atomic E-state index is -0.561. The second-order valence-electron chi connectivity index (χ2n) is 6.49. The molecule has 0 atom stereocenters. The minimum Gasteiger partial charge on any atom is -0.507 e. The van der Waals surface area contributed by atoms with Gasteiger partial charge in [-0.25, -0.2) is 9.59 Å². The largest absolute Gasteiger partial charge is 0.507 e. The van der Waals surface area contributed by atoms with Crippen molar-refractivity contribution >= 4 is 28.6 Å². The molecule has 0 heterocycles. The molecule has 0 unspecified atom stereocenters. The van der Waals surface area contributed by atoms with Crippen molar-refractivity contribution in [2.24, 2.45) is 0 Å². The van der Waals surface area contributed by atoms with Gasteiger partial charge in [0.25, 0.3) is 0 Å². The van der Waals surface area contributed by atoms with Crippen molar-refractivity contribution in [2.45, 2.75) is 26.4 Å². The van der Waals surface area contributed by atoms with Gasteiger partial charge in [-0.1, -0.05) is 24.3 Å². The smallest absolute Gasteiger partial charge is 0.407 e. The number of benzene rings is 2. The maximum absolute atomic E-state index is 12.0. The third kappa shape index (κ3) is 5.56. The van der Waals surface area contributed by atoms with Crippen LogP contribution in [0.4, 0.5) is 15.3 Å². The highest BCUT2D eigenvalue weighted by atomic mass is 16.6. The van der Waals surface area contributed by atoms with Gasteiger partial charge in [0.15, 0.2) is 0 Å². The number of aromatic hydroxyl groups is 1. The van der Waals surface area contributed by atoms with Crippen LogP contribution in [0.5, 0.6) is 5.75 Å². The molecule has 0 bridgehead atoms. The number of fused-ring (bicyclic) bond motifs is 1. The molecular weight excluding hydrogens is 322 g/mol. The summed E-state index contributed by atoms with van der Waals surface area (Å²) in [5, 5.41) is 19.2. The summed E-state index contributed by atoms with van der Waals surface area (Å²) in [5.74, 6) is 0.156. The summed E-state index contributed by atoms with van der Waals surface area (Å²) in [7, 11) is 0. The Bertz CT molecular complexity index is 768. The third-order valence-electron chi connectivity index (χ3n) is 3.23. The van der Waals surface area contributed by atoms with Crippen molar-refractivity contribution in [1.82, 2.24) is 10.6 Å². The van der Waals surface area contributed by atoms with Gasteiger partial charge in [0.1, 0.15) is 11.4 Å². The number of rotatable bonds is 4. The number of hydrogen-bond acceptors (Lipinski definition) is 4. The van der Waals surface area contributed by atoms with Crippen LogP contribution in [-0.2, 0) is 4.74 Å². The molecule has 0 aromatic heterocycles. The first-order chi connectivity index (χ1) is 11.8. The lowest BCUT2D eigenvalue weighted by Crippen LogP contribution is -2.39. The van der Waals surface area contributed by atoms with Crippen molar-refractivity contribution in [1.29, 1.82) is 0 Å². The zero-order valence-electron chi connectivity index (χ0n) is 14.6. The van der Waals surface area contributed by atoms with E-state index in [4.69, 9.17) is 4.74 Å². The first-order valence-corrected chi connectivity index (χ1v) is 7.99. The van der Waals surface area contributed by atoms with E-state index in [0.29, 0.717) is 11.1 Å². The second kappa shape index (κ2) is 7.74. The number of carbonyl (C=O) groups excluding carboxylic acids is 2. The van der Waals surface area contributed by atoms with Crippen molar-refractivity contribution in [3.8, 4) is 5.75 Å². The van der Waals surface area contributed by atoms with Crippen LogP contribution in [0.25, 0.3) is 10.8 Å². The third-order valence-corrected chi connectivity index (χ3v) is 3.23. The van der Waals surface area contributed by atoms with Gasteiger partial charge in [-0.3, -0.25) is 0 Å². The summed E-state index contributed by atoms with van der Waals surface area (Å²) in [6, 6.07) is 10.00. The average Bonchev–Trinajstić information content (AvgIpc) is 2.51. The lowest BCUT2D eigenvalue weighted by molar-refractivity contribution is 0.0528. The number of phenols is 1. The van der Waals surface area contributed by atoms with Gasteiger partial charge < -0.3 is 25.8 Å². The summed E-state index contributed by atoms with van der Waals surface area (Å²) >= 11 is 0. The van der Waals surface area contributed by atoms with Crippen LogP contribution in [0.1, 0.15) is 20.8 Å². The molecular formula is C18H23N3O4. The Hall–Kier alpha value is -2.96. The Morgan fingerprint density at radius 1 is 1.00 bits per heavy atom. The SMILES string of the molecule is CC(C)(C)OC(=O)NCCNC(=O)Nc1cccc2c(O)cccc12. The van der Waals surface area contributed by atoms with E-state index in [0.717, 1.165) is 5.39 Å². The quantitative estimate of drug-likeness (QED) is 0.639. The summed E-state index contributed by atoms with van der Waals surface area (Å²) in [5.41, 5.74) is 0.0282. The van der Waals surface area contributed by atoms with Crippen molar-refractivity contribution < 1.29 is 19.4 Å². The van der Waals surface area contributed by atoms with Crippen LogP contribution >= 0.6 is 0 Å². The van der Waals surface area contributed by atoms with E-state index in [-0.39, 0.29) is 18.8 Å². The predicted molar refractivity (Wildman–Crippen MR) is 96.9 cm³/mol. The fourth-order valence-electron chi connectivity index (χ4n) is 2.22. The Labute approximate surface area is 146 Å². The maximum atomic E-state index is 12.0. The Morgan fingerprint density at radius 2 is 1.64 bits per heavy atom. The molecule has 0 aliphatic heterocycles. The van der Waals surface area contributed by atoms with Gasteiger partial charge in [-0.15, -0.1) is 0 Å². The molecule has 3 amide bonds. The highest BCUT2D eigenvalue weighted by molar-refractivity contribution is 6.03. The lowest BCUT2D eigenvalue weighted by atomic mass is 10.1. The highest BCUT2D eigenvalue weighted by Crippen LogP contribution is 2.29. The number of urea groups is 1. The molecule has 4 N–H and O–H groups in total. The summed E-state index contributed by atoms with van der Waals surface area (Å²) in [4.78, 5) is 23.5. The number of phenolic OH excluding ortho intramolecular Hbond substituents is 1. The van der Waals surface area contributed by atoms with E-state index in [1.165, 1.54) is 0 Å². The molecule has 0 spiro atoms. The zero-order valence-corrected chi connectivity index (χ0v) is 14.6. The van der Waals surface area contributed by atoms with E-state index in [2.05, 4.69) is 16.0 Å². The Balaban J connectivity index is 1.84. The van der Waals surface area contributed by atoms with Crippen LogP contribution < -0.4 is 16.0 Å². The van der Waals surface area contributed by atoms with Crippen LogP contribution in [0.3, 0.4) is 0 Å². The normalized spacial score (nSPS) is 11.0. The molecule has 0 aliphatic rings. The molecule has 0 radical (unpaired) electrons. The van der Waals surface area contributed by atoms with Gasteiger partial charge >= 0.3 is 12.1 Å². The molecule has 134 valence electrons. The number of carbonyl (C=O) groups is 2. The molecule has 0 aliphatic carbocycles. The topological polar surface area (TPSA) is 99.7 Å². The monoisotopic (exact) mass is 345 g/mol. The van der Waals surface area contributed by atoms with Crippen molar-refractivity contribution in [2.75, 3.05) is 18.4 Å². The number of alkyl carbamates (subject to hydrolysis) is 1. The summed E-state index contributed by atoms with van der Waals surface area (Å²) in [6.45, 7) is 5.83. The molecule has 7 heteroatoms. The zero-order chi connectivity index (χ0) is 18.4. The Kier molecular flexibility index (Phi) is 5.69. The van der Waals surface area contributed by atoms with Gasteiger partial charge in [0.05, 0.1) is 5.69 Å². The lowest BCUT2D eigenvalue weighted by Gasteiger charge is -2.19. The first kappa shape index (κ1) is 18.4. The van der Waals surface area contributed by atoms with E-state index < -0.39 is 17.7 Å². The van der Waals surface area contributed by atoms with Crippen molar-refractivity contribution in [3.05, 3.63) is 36.4 Å². The Morgan fingerprint density at radius 3 is 2.36 bits per heavy atom. The average molecular weight is 345 g/mol. The fourth-order valence-corrected chi connectivity index (χ4v) is 2.22. The number of amides is 3. The number of nitrogens with one attached hydrogen (secondary N) is 3.